The average Bonchev–Trinajstić information content (AvgIpc) is 2.27. The lowest BCUT2D eigenvalue weighted by molar-refractivity contribution is -0.138. The molecule has 1 N–H and O–H groups in total. The summed E-state index contributed by atoms with van der Waals surface area (Å²) in [7, 11) is 0. The molecule has 0 fully saturated rings. The van der Waals surface area contributed by atoms with E-state index < -0.39 is 18.7 Å². The Morgan fingerprint density at radius 3 is 2.47 bits per heavy atom. The minimum atomic E-state index is -2.23. The third-order valence-electron chi connectivity index (χ3n) is 2.14. The van der Waals surface area contributed by atoms with Crippen molar-refractivity contribution in [2.45, 2.75) is 33.0 Å². The second-order valence-electron chi connectivity index (χ2n) is 4.01. The van der Waals surface area contributed by atoms with Crippen molar-refractivity contribution in [3.8, 4) is 0 Å². The summed E-state index contributed by atoms with van der Waals surface area (Å²) in [6, 6.07) is 6.61. The summed E-state index contributed by atoms with van der Waals surface area (Å²) < 4.78 is 22.3. The lowest BCUT2D eigenvalue weighted by atomic mass is 9.97. The highest BCUT2D eigenvalue weighted by Gasteiger charge is 2.12. The van der Waals surface area contributed by atoms with Crippen LogP contribution < -0.4 is 0 Å². The van der Waals surface area contributed by atoms with E-state index in [0.29, 0.717) is 5.92 Å². The number of hydrogen-bond donors (Lipinski definition) is 1. The fourth-order valence-corrected chi connectivity index (χ4v) is 1.42. The molecular weight excluding hydrogens is 188 g/mol. The van der Waals surface area contributed by atoms with Crippen LogP contribution in [0.3, 0.4) is 0 Å². The second kappa shape index (κ2) is 4.96. The number of benzene rings is 1. The van der Waals surface area contributed by atoms with E-state index in [1.165, 1.54) is 12.1 Å². The van der Waals surface area contributed by atoms with E-state index in [-0.39, 0.29) is 5.56 Å². The van der Waals surface area contributed by atoms with Crippen LogP contribution in [0.1, 0.15) is 41.9 Å². The van der Waals surface area contributed by atoms with E-state index in [1.807, 2.05) is 0 Å². The first-order valence-electron chi connectivity index (χ1n) is 6.61. The van der Waals surface area contributed by atoms with Crippen LogP contribution in [0.5, 0.6) is 0 Å². The number of aliphatic carboxylic acids is 1. The maximum absolute atomic E-state index is 11.1. The first kappa shape index (κ1) is 7.91. The van der Waals surface area contributed by atoms with Gasteiger partial charge in [0.1, 0.15) is 0 Å². The molecule has 1 rings (SSSR count). The maximum Gasteiger partial charge on any atom is 0.310 e. The van der Waals surface area contributed by atoms with Crippen molar-refractivity contribution in [3.05, 3.63) is 35.4 Å². The number of carboxylic acid groups (broad SMARTS) is 1. The molecule has 82 valence electrons. The smallest absolute Gasteiger partial charge is 0.310 e. The van der Waals surface area contributed by atoms with Crippen LogP contribution >= 0.6 is 0 Å². The van der Waals surface area contributed by atoms with Crippen LogP contribution in [0, 0.1) is 5.92 Å². The molecule has 0 saturated carbocycles. The third-order valence-corrected chi connectivity index (χ3v) is 2.14. The molecule has 0 spiro atoms. The summed E-state index contributed by atoms with van der Waals surface area (Å²) in [5, 5.41) is 9.04. The predicted molar refractivity (Wildman–Crippen MR) is 61.0 cm³/mol. The highest BCUT2D eigenvalue weighted by atomic mass is 16.4. The third kappa shape index (κ3) is 3.39. The molecule has 0 aliphatic heterocycles. The number of rotatable bonds is 4. The van der Waals surface area contributed by atoms with E-state index in [9.17, 15) is 4.79 Å². The molecule has 0 radical (unpaired) electrons. The van der Waals surface area contributed by atoms with Gasteiger partial charge in [0.05, 0.1) is 5.89 Å². The van der Waals surface area contributed by atoms with Crippen LogP contribution in [0.15, 0.2) is 24.3 Å². The Balaban J connectivity index is 3.06. The van der Waals surface area contributed by atoms with Crippen LogP contribution in [0.2, 0.25) is 0 Å². The monoisotopic (exact) mass is 209 g/mol. The number of carboxylic acids is 1. The lowest BCUT2D eigenvalue weighted by Crippen LogP contribution is -2.07. The van der Waals surface area contributed by atoms with E-state index in [4.69, 9.17) is 9.22 Å². The summed E-state index contributed by atoms with van der Waals surface area (Å²) in [4.78, 5) is 11.1. The zero-order chi connectivity index (χ0) is 13.9. The van der Waals surface area contributed by atoms with Gasteiger partial charge in [0.2, 0.25) is 0 Å². The van der Waals surface area contributed by atoms with Crippen molar-refractivity contribution in [2.75, 3.05) is 0 Å². The number of hydrogen-bond acceptors (Lipinski definition) is 1. The van der Waals surface area contributed by atoms with Crippen LogP contribution in [-0.2, 0) is 11.2 Å². The topological polar surface area (TPSA) is 37.3 Å². The molecule has 1 aromatic rings. The Kier molecular flexibility index (Phi) is 2.62. The Morgan fingerprint density at radius 1 is 1.47 bits per heavy atom. The largest absolute Gasteiger partial charge is 0.481 e. The quantitative estimate of drug-likeness (QED) is 0.827. The molecule has 0 heterocycles. The molecule has 0 amide bonds. The highest BCUT2D eigenvalue weighted by molar-refractivity contribution is 5.75. The van der Waals surface area contributed by atoms with Gasteiger partial charge >= 0.3 is 5.97 Å². The summed E-state index contributed by atoms with van der Waals surface area (Å²) in [6.07, 6.45) is 0.879. The summed E-state index contributed by atoms with van der Waals surface area (Å²) in [5.41, 5.74) is 1.24. The Labute approximate surface area is 95.2 Å². The lowest BCUT2D eigenvalue weighted by Gasteiger charge is -2.09. The van der Waals surface area contributed by atoms with Gasteiger partial charge in [-0.15, -0.1) is 0 Å². The maximum atomic E-state index is 11.1. The van der Waals surface area contributed by atoms with Gasteiger partial charge in [0.15, 0.2) is 0 Å². The molecule has 15 heavy (non-hydrogen) atoms. The van der Waals surface area contributed by atoms with Gasteiger partial charge in [0, 0.05) is 4.11 Å². The normalized spacial score (nSPS) is 18.0. The minimum Gasteiger partial charge on any atom is -0.481 e. The summed E-state index contributed by atoms with van der Waals surface area (Å²) >= 11 is 0. The fourth-order valence-electron chi connectivity index (χ4n) is 1.42. The first-order chi connectivity index (χ1) is 8.28. The van der Waals surface area contributed by atoms with Crippen molar-refractivity contribution in [3.63, 3.8) is 0 Å². The van der Waals surface area contributed by atoms with Crippen molar-refractivity contribution >= 4 is 5.97 Å². The SMILES string of the molecule is [2H]C([2H])C([2H])(C(=O)O)c1ccc(CC(C)C)cc1. The molecular formula is C13H18O2. The molecule has 2 heteroatoms. The molecule has 0 aliphatic rings. The van der Waals surface area contributed by atoms with Gasteiger partial charge < -0.3 is 5.11 Å². The van der Waals surface area contributed by atoms with Crippen molar-refractivity contribution < 1.29 is 14.0 Å². The van der Waals surface area contributed by atoms with Gasteiger partial charge in [-0.2, -0.15) is 0 Å². The van der Waals surface area contributed by atoms with Gasteiger partial charge in [0.25, 0.3) is 0 Å². The minimum absolute atomic E-state index is 0.178. The van der Waals surface area contributed by atoms with Crippen LogP contribution in [0.25, 0.3) is 0 Å². The highest BCUT2D eigenvalue weighted by Crippen LogP contribution is 2.17. The average molecular weight is 209 g/mol. The molecule has 2 nitrogen and oxygen atoms in total. The van der Waals surface area contributed by atoms with E-state index in [0.717, 1.165) is 12.0 Å². The van der Waals surface area contributed by atoms with Crippen LogP contribution in [-0.4, -0.2) is 11.1 Å². The second-order valence-corrected chi connectivity index (χ2v) is 4.01. The zero-order valence-electron chi connectivity index (χ0n) is 12.0. The van der Waals surface area contributed by atoms with Gasteiger partial charge in [-0.1, -0.05) is 38.1 Å². The molecule has 0 saturated heterocycles. The van der Waals surface area contributed by atoms with Crippen molar-refractivity contribution in [1.29, 1.82) is 0 Å². The van der Waals surface area contributed by atoms with Gasteiger partial charge in [-0.25, -0.2) is 0 Å². The number of carbonyl (C=O) groups is 1. The molecule has 1 unspecified atom stereocenters. The molecule has 0 aliphatic carbocycles. The molecule has 0 aromatic heterocycles. The Morgan fingerprint density at radius 2 is 2.07 bits per heavy atom. The zero-order valence-corrected chi connectivity index (χ0v) is 9.03. The molecule has 0 bridgehead atoms. The van der Waals surface area contributed by atoms with Crippen LogP contribution in [0.4, 0.5) is 0 Å². The van der Waals surface area contributed by atoms with E-state index in [2.05, 4.69) is 13.8 Å². The predicted octanol–water partition coefficient (Wildman–Crippen LogP) is 3.07. The Hall–Kier alpha value is -1.31. The summed E-state index contributed by atoms with van der Waals surface area (Å²) in [5.74, 6) is -3.19. The molecule has 1 atom stereocenters. The van der Waals surface area contributed by atoms with Gasteiger partial charge in [-0.05, 0) is 30.3 Å². The first-order valence-corrected chi connectivity index (χ1v) is 4.95. The Bertz CT molecular complexity index is 415. The molecule has 1 aromatic carbocycles. The van der Waals surface area contributed by atoms with E-state index >= 15 is 0 Å². The fraction of sp³-hybridized carbons (Fsp3) is 0.462. The van der Waals surface area contributed by atoms with Crippen molar-refractivity contribution in [1.82, 2.24) is 0 Å². The standard InChI is InChI=1S/C13H18O2/c1-9(2)8-11-4-6-12(7-5-11)10(3)13(14)15/h4-7,9-10H,8H2,1-3H3,(H,14,15)/i3D2,10D. The van der Waals surface area contributed by atoms with E-state index in [1.54, 1.807) is 12.1 Å². The van der Waals surface area contributed by atoms with Crippen molar-refractivity contribution in [2.24, 2.45) is 5.92 Å². The van der Waals surface area contributed by atoms with Gasteiger partial charge in [-0.3, -0.25) is 4.79 Å². The summed E-state index contributed by atoms with van der Waals surface area (Å²) in [6.45, 7) is 2.40.